The van der Waals surface area contributed by atoms with Gasteiger partial charge in [-0.3, -0.25) is 5.10 Å². The van der Waals surface area contributed by atoms with Crippen molar-refractivity contribution in [1.29, 1.82) is 0 Å². The number of aromatic amines is 1. The molecule has 0 saturated carbocycles. The predicted molar refractivity (Wildman–Crippen MR) is 119 cm³/mol. The molecule has 5 rings (SSSR count). The molecule has 0 fully saturated rings. The molecule has 1 aliphatic rings. The van der Waals surface area contributed by atoms with E-state index in [2.05, 4.69) is 25.5 Å². The maximum Gasteiger partial charge on any atom is 0.409 e. The van der Waals surface area contributed by atoms with Gasteiger partial charge in [0, 0.05) is 36.0 Å². The Morgan fingerprint density at radius 1 is 1.42 bits per heavy atom. The molecule has 0 radical (unpaired) electrons. The molecule has 4 aromatic rings. The maximum atomic E-state index is 12.2. The quantitative estimate of drug-likeness (QED) is 0.438. The third-order valence-corrected chi connectivity index (χ3v) is 6.68. The summed E-state index contributed by atoms with van der Waals surface area (Å²) in [6, 6.07) is 6.01. The van der Waals surface area contributed by atoms with Crippen molar-refractivity contribution in [2.24, 2.45) is 0 Å². The highest BCUT2D eigenvalue weighted by molar-refractivity contribution is 7.19. The zero-order valence-electron chi connectivity index (χ0n) is 17.0. The van der Waals surface area contributed by atoms with E-state index < -0.39 is 6.09 Å². The standard InChI is InChI=1S/C21H22N6O3S/c1-27(6-7-28)21(29)30-14-3-4-15-17(9-14)31-20-18(15)19(22-11-23-20)25-13-2-5-16-12(8-13)10-24-26-16/h2,5,8,10-11,14,28H,3-4,6-7,9H2,1H3,(H,24,26)(H,22,23,25). The fourth-order valence-electron chi connectivity index (χ4n) is 3.91. The van der Waals surface area contributed by atoms with Crippen molar-refractivity contribution in [3.8, 4) is 0 Å². The molecule has 1 aromatic carbocycles. The maximum absolute atomic E-state index is 12.2. The van der Waals surface area contributed by atoms with Crippen LogP contribution in [0.25, 0.3) is 21.1 Å². The van der Waals surface area contributed by atoms with Crippen molar-refractivity contribution in [3.63, 3.8) is 0 Å². The van der Waals surface area contributed by atoms with Crippen LogP contribution in [0.4, 0.5) is 16.3 Å². The number of aliphatic hydroxyl groups is 1. The van der Waals surface area contributed by atoms with Crippen LogP contribution >= 0.6 is 11.3 Å². The van der Waals surface area contributed by atoms with Crippen molar-refractivity contribution < 1.29 is 14.6 Å². The molecule has 1 amide bonds. The van der Waals surface area contributed by atoms with Gasteiger partial charge in [-0.2, -0.15) is 5.10 Å². The highest BCUT2D eigenvalue weighted by atomic mass is 32.1. The fourth-order valence-corrected chi connectivity index (χ4v) is 5.16. The van der Waals surface area contributed by atoms with E-state index in [0.717, 1.165) is 45.5 Å². The van der Waals surface area contributed by atoms with Crippen LogP contribution in [0.3, 0.4) is 0 Å². The molecule has 1 atom stereocenters. The molecule has 0 bridgehead atoms. The van der Waals surface area contributed by atoms with E-state index >= 15 is 0 Å². The van der Waals surface area contributed by atoms with E-state index in [1.54, 1.807) is 30.9 Å². The number of nitrogens with zero attached hydrogens (tertiary/aromatic N) is 4. The van der Waals surface area contributed by atoms with Crippen molar-refractivity contribution >= 4 is 50.1 Å². The van der Waals surface area contributed by atoms with Crippen LogP contribution < -0.4 is 5.32 Å². The number of H-pyrrole nitrogens is 1. The number of carbonyl (C=O) groups excluding carboxylic acids is 1. The summed E-state index contributed by atoms with van der Waals surface area (Å²) in [5.74, 6) is 0.781. The van der Waals surface area contributed by atoms with Gasteiger partial charge in [0.2, 0.25) is 0 Å². The third-order valence-electron chi connectivity index (χ3n) is 5.52. The number of thiophene rings is 1. The Labute approximate surface area is 182 Å². The van der Waals surface area contributed by atoms with Gasteiger partial charge < -0.3 is 20.1 Å². The first kappa shape index (κ1) is 19.7. The highest BCUT2D eigenvalue weighted by Gasteiger charge is 2.28. The van der Waals surface area contributed by atoms with E-state index in [-0.39, 0.29) is 19.3 Å². The number of fused-ring (bicyclic) bond motifs is 4. The van der Waals surface area contributed by atoms with Gasteiger partial charge in [0.05, 0.1) is 23.7 Å². The number of aromatic nitrogens is 4. The molecule has 160 valence electrons. The van der Waals surface area contributed by atoms with E-state index in [1.165, 1.54) is 15.3 Å². The number of aryl methyl sites for hydroxylation is 1. The number of hydrogen-bond acceptors (Lipinski definition) is 8. The largest absolute Gasteiger partial charge is 0.446 e. The second-order valence-corrected chi connectivity index (χ2v) is 8.68. The first-order chi connectivity index (χ1) is 15.1. The molecule has 31 heavy (non-hydrogen) atoms. The van der Waals surface area contributed by atoms with Gasteiger partial charge in [-0.25, -0.2) is 14.8 Å². The number of anilines is 2. The lowest BCUT2D eigenvalue weighted by molar-refractivity contribution is 0.0593. The van der Waals surface area contributed by atoms with Gasteiger partial charge in [-0.05, 0) is 36.6 Å². The minimum absolute atomic E-state index is 0.0846. The topological polar surface area (TPSA) is 116 Å². The van der Waals surface area contributed by atoms with E-state index in [0.29, 0.717) is 6.42 Å². The van der Waals surface area contributed by atoms with Crippen LogP contribution in [0, 0.1) is 0 Å². The Bertz CT molecular complexity index is 1250. The smallest absolute Gasteiger partial charge is 0.409 e. The van der Waals surface area contributed by atoms with E-state index in [4.69, 9.17) is 9.84 Å². The SMILES string of the molecule is CN(CCO)C(=O)OC1CCc2c(sc3ncnc(Nc4ccc5[nH]ncc5c4)c23)C1. The van der Waals surface area contributed by atoms with Crippen LogP contribution in [-0.2, 0) is 17.6 Å². The van der Waals surface area contributed by atoms with Crippen LogP contribution in [0.1, 0.15) is 16.9 Å². The summed E-state index contributed by atoms with van der Waals surface area (Å²) in [4.78, 5) is 24.7. The molecular formula is C21H22N6O3S. The lowest BCUT2D eigenvalue weighted by Crippen LogP contribution is -2.34. The molecule has 0 aliphatic heterocycles. The number of carbonyl (C=O) groups is 1. The van der Waals surface area contributed by atoms with Crippen molar-refractivity contribution in [3.05, 3.63) is 41.2 Å². The van der Waals surface area contributed by atoms with Gasteiger partial charge >= 0.3 is 6.09 Å². The fraction of sp³-hybridized carbons (Fsp3) is 0.333. The molecule has 3 N–H and O–H groups in total. The van der Waals surface area contributed by atoms with Gasteiger partial charge in [0.25, 0.3) is 0 Å². The molecule has 3 heterocycles. The number of hydrogen-bond donors (Lipinski definition) is 3. The third kappa shape index (κ3) is 3.79. The van der Waals surface area contributed by atoms with Crippen LogP contribution in [0.15, 0.2) is 30.7 Å². The molecule has 0 saturated heterocycles. The van der Waals surface area contributed by atoms with E-state index in [9.17, 15) is 4.79 Å². The monoisotopic (exact) mass is 438 g/mol. The number of nitrogens with one attached hydrogen (secondary N) is 2. The predicted octanol–water partition coefficient (Wildman–Crippen LogP) is 3.23. The Hall–Kier alpha value is -3.24. The van der Waals surface area contributed by atoms with Gasteiger partial charge in [-0.15, -0.1) is 11.3 Å². The molecule has 3 aromatic heterocycles. The Balaban J connectivity index is 1.39. The summed E-state index contributed by atoms with van der Waals surface area (Å²) in [5, 5.41) is 21.5. The molecule has 1 unspecified atom stereocenters. The lowest BCUT2D eigenvalue weighted by atomic mass is 9.94. The molecule has 0 spiro atoms. The second-order valence-electron chi connectivity index (χ2n) is 7.60. The van der Waals surface area contributed by atoms with Crippen molar-refractivity contribution in [1.82, 2.24) is 25.1 Å². The molecule has 1 aliphatic carbocycles. The minimum Gasteiger partial charge on any atom is -0.446 e. The zero-order valence-corrected chi connectivity index (χ0v) is 17.8. The highest BCUT2D eigenvalue weighted by Crippen LogP contribution is 2.39. The first-order valence-electron chi connectivity index (χ1n) is 10.1. The summed E-state index contributed by atoms with van der Waals surface area (Å²) in [6.07, 6.45) is 4.98. The van der Waals surface area contributed by atoms with Crippen LogP contribution in [-0.4, -0.2) is 62.6 Å². The molecule has 9 nitrogen and oxygen atoms in total. The number of rotatable bonds is 5. The Kier molecular flexibility index (Phi) is 5.16. The van der Waals surface area contributed by atoms with E-state index in [1.807, 2.05) is 18.2 Å². The number of benzene rings is 1. The summed E-state index contributed by atoms with van der Waals surface area (Å²) >= 11 is 1.63. The van der Waals surface area contributed by atoms with Gasteiger partial charge in [0.15, 0.2) is 0 Å². The molecular weight excluding hydrogens is 416 g/mol. The number of ether oxygens (including phenoxy) is 1. The van der Waals surface area contributed by atoms with Gasteiger partial charge in [0.1, 0.15) is 23.1 Å². The Morgan fingerprint density at radius 2 is 2.32 bits per heavy atom. The zero-order chi connectivity index (χ0) is 21.4. The number of aliphatic hydroxyl groups excluding tert-OH is 1. The Morgan fingerprint density at radius 3 is 3.19 bits per heavy atom. The normalized spacial score (nSPS) is 15.7. The first-order valence-corrected chi connectivity index (χ1v) is 10.9. The summed E-state index contributed by atoms with van der Waals surface area (Å²) < 4.78 is 5.64. The van der Waals surface area contributed by atoms with Crippen molar-refractivity contribution in [2.45, 2.75) is 25.4 Å². The van der Waals surface area contributed by atoms with Crippen LogP contribution in [0.5, 0.6) is 0 Å². The average Bonchev–Trinajstić information content (AvgIpc) is 3.37. The number of amides is 1. The lowest BCUT2D eigenvalue weighted by Gasteiger charge is -2.25. The second kappa shape index (κ2) is 8.12. The van der Waals surface area contributed by atoms with Crippen molar-refractivity contribution in [2.75, 3.05) is 25.5 Å². The average molecular weight is 439 g/mol. The number of likely N-dealkylation sites (N-methyl/N-ethyl adjacent to an activating group) is 1. The summed E-state index contributed by atoms with van der Waals surface area (Å²) in [6.45, 7) is 0.174. The van der Waals surface area contributed by atoms with Gasteiger partial charge in [-0.1, -0.05) is 0 Å². The minimum atomic E-state index is -0.402. The summed E-state index contributed by atoms with van der Waals surface area (Å²) in [7, 11) is 1.63. The van der Waals surface area contributed by atoms with Crippen LogP contribution in [0.2, 0.25) is 0 Å². The molecule has 10 heteroatoms. The summed E-state index contributed by atoms with van der Waals surface area (Å²) in [5.41, 5.74) is 3.14.